The molecular formula is C29H36FN2NaO6S. The maximum Gasteiger partial charge on any atom is 1.00 e. The van der Waals surface area contributed by atoms with Gasteiger partial charge in [-0.05, 0) is 60.6 Å². The molecule has 1 fully saturated rings. The molecule has 0 aliphatic carbocycles. The molecule has 2 aromatic carbocycles. The Morgan fingerprint density at radius 3 is 2.15 bits per heavy atom. The molecular weight excluding hydrogens is 546 g/mol. The van der Waals surface area contributed by atoms with Crippen molar-refractivity contribution < 1.29 is 63.9 Å². The van der Waals surface area contributed by atoms with E-state index in [9.17, 15) is 27.8 Å². The van der Waals surface area contributed by atoms with E-state index in [1.165, 1.54) is 16.4 Å². The summed E-state index contributed by atoms with van der Waals surface area (Å²) in [5.74, 6) is -1.80. The fourth-order valence-electron chi connectivity index (χ4n) is 5.11. The smallest absolute Gasteiger partial charge is 1.00 e. The number of sulfonamides is 1. The predicted octanol–water partition coefficient (Wildman–Crippen LogP) is 1.57. The SMILES string of the molecule is CC(C)c1c(S(=O)(=O)N2CCC2)c(-c2ccccc2)c(-c2ccc(F)cc2)n1CC[C@@H](O)C[C@@H](O)CC(=O)O.[H-].[Na+]. The number of benzene rings is 2. The first-order valence-electron chi connectivity index (χ1n) is 13.2. The van der Waals surface area contributed by atoms with Crippen LogP contribution in [-0.2, 0) is 21.4 Å². The van der Waals surface area contributed by atoms with Gasteiger partial charge in [0.15, 0.2) is 0 Å². The second kappa shape index (κ2) is 13.7. The monoisotopic (exact) mass is 582 g/mol. The fourth-order valence-corrected chi connectivity index (χ4v) is 7.19. The molecule has 2 heterocycles. The van der Waals surface area contributed by atoms with E-state index < -0.39 is 40.4 Å². The third-order valence-corrected chi connectivity index (χ3v) is 9.01. The van der Waals surface area contributed by atoms with E-state index in [-0.39, 0.29) is 61.2 Å². The topological polar surface area (TPSA) is 120 Å². The Bertz CT molecular complexity index is 1410. The Labute approximate surface area is 258 Å². The van der Waals surface area contributed by atoms with Crippen molar-refractivity contribution in [1.82, 2.24) is 8.87 Å². The molecule has 3 aromatic rings. The van der Waals surface area contributed by atoms with E-state index in [1.54, 1.807) is 12.1 Å². The maximum atomic E-state index is 14.1. The summed E-state index contributed by atoms with van der Waals surface area (Å²) < 4.78 is 45.5. The second-order valence-electron chi connectivity index (χ2n) is 10.3. The van der Waals surface area contributed by atoms with E-state index >= 15 is 0 Å². The minimum atomic E-state index is -3.87. The van der Waals surface area contributed by atoms with Crippen LogP contribution in [0.5, 0.6) is 0 Å². The minimum Gasteiger partial charge on any atom is -1.00 e. The van der Waals surface area contributed by atoms with Crippen LogP contribution in [0.3, 0.4) is 0 Å². The summed E-state index contributed by atoms with van der Waals surface area (Å²) in [6.07, 6.45) is -1.89. The van der Waals surface area contributed by atoms with Gasteiger partial charge in [0.05, 0.1) is 24.3 Å². The zero-order chi connectivity index (χ0) is 28.3. The largest absolute Gasteiger partial charge is 1.00 e. The molecule has 0 bridgehead atoms. The number of carbonyl (C=O) groups is 1. The van der Waals surface area contributed by atoms with Crippen LogP contribution in [0, 0.1) is 5.82 Å². The van der Waals surface area contributed by atoms with Crippen LogP contribution >= 0.6 is 0 Å². The van der Waals surface area contributed by atoms with Crippen LogP contribution in [-0.4, -0.2) is 63.9 Å². The van der Waals surface area contributed by atoms with Gasteiger partial charge in [-0.1, -0.05) is 44.2 Å². The van der Waals surface area contributed by atoms with Gasteiger partial charge < -0.3 is 21.3 Å². The molecule has 1 aliphatic heterocycles. The van der Waals surface area contributed by atoms with E-state index in [0.717, 1.165) is 6.42 Å². The normalized spacial score (nSPS) is 15.3. The molecule has 3 N–H and O–H groups in total. The van der Waals surface area contributed by atoms with Gasteiger partial charge in [-0.3, -0.25) is 4.79 Å². The molecule has 212 valence electrons. The molecule has 1 aromatic heterocycles. The number of aliphatic hydroxyl groups is 2. The summed E-state index contributed by atoms with van der Waals surface area (Å²) in [6, 6.07) is 15.1. The molecule has 4 rings (SSSR count). The molecule has 0 radical (unpaired) electrons. The number of hydrogen-bond donors (Lipinski definition) is 3. The van der Waals surface area contributed by atoms with Crippen molar-refractivity contribution in [3.05, 3.63) is 66.1 Å². The maximum absolute atomic E-state index is 14.1. The number of hydrogen-bond acceptors (Lipinski definition) is 5. The van der Waals surface area contributed by atoms with Crippen molar-refractivity contribution >= 4 is 16.0 Å². The fraction of sp³-hybridized carbons (Fsp3) is 0.414. The first-order chi connectivity index (χ1) is 18.5. The van der Waals surface area contributed by atoms with E-state index in [4.69, 9.17) is 5.11 Å². The number of aromatic nitrogens is 1. The van der Waals surface area contributed by atoms with Gasteiger partial charge in [0, 0.05) is 30.9 Å². The quantitative estimate of drug-likeness (QED) is 0.279. The molecule has 0 saturated carbocycles. The van der Waals surface area contributed by atoms with Crippen LogP contribution in [0.2, 0.25) is 0 Å². The average molecular weight is 583 g/mol. The van der Waals surface area contributed by atoms with Gasteiger partial charge in [0.1, 0.15) is 10.7 Å². The number of carboxylic acid groups (broad SMARTS) is 1. The Morgan fingerprint density at radius 2 is 1.62 bits per heavy atom. The second-order valence-corrected chi connectivity index (χ2v) is 12.2. The first kappa shape index (κ1) is 32.5. The third kappa shape index (κ3) is 7.05. The van der Waals surface area contributed by atoms with Crippen molar-refractivity contribution in [3.63, 3.8) is 0 Å². The van der Waals surface area contributed by atoms with Crippen LogP contribution < -0.4 is 29.6 Å². The van der Waals surface area contributed by atoms with Gasteiger partial charge in [0.25, 0.3) is 0 Å². The zero-order valence-corrected chi connectivity index (χ0v) is 25.9. The third-order valence-electron chi connectivity index (χ3n) is 7.04. The number of carboxylic acids is 1. The Balaban J connectivity index is 0.00000294. The summed E-state index contributed by atoms with van der Waals surface area (Å²) in [6.45, 7) is 4.90. The predicted molar refractivity (Wildman–Crippen MR) is 147 cm³/mol. The Morgan fingerprint density at radius 1 is 1.00 bits per heavy atom. The summed E-state index contributed by atoms with van der Waals surface area (Å²) >= 11 is 0. The number of aliphatic carboxylic acids is 1. The van der Waals surface area contributed by atoms with Gasteiger partial charge in [-0.25, -0.2) is 12.8 Å². The molecule has 1 aliphatic rings. The number of rotatable bonds is 12. The van der Waals surface area contributed by atoms with Gasteiger partial charge >= 0.3 is 35.5 Å². The van der Waals surface area contributed by atoms with Crippen molar-refractivity contribution in [2.24, 2.45) is 0 Å². The molecule has 8 nitrogen and oxygen atoms in total. The molecule has 11 heteroatoms. The first-order valence-corrected chi connectivity index (χ1v) is 14.6. The van der Waals surface area contributed by atoms with Crippen molar-refractivity contribution in [2.45, 2.75) is 69.1 Å². The number of halogens is 1. The Kier molecular flexibility index (Phi) is 11.2. The minimum absolute atomic E-state index is 0. The molecule has 0 amide bonds. The van der Waals surface area contributed by atoms with E-state index in [2.05, 4.69) is 0 Å². The summed E-state index contributed by atoms with van der Waals surface area (Å²) in [5.41, 5.74) is 3.04. The van der Waals surface area contributed by atoms with Gasteiger partial charge in [-0.2, -0.15) is 4.31 Å². The van der Waals surface area contributed by atoms with Crippen LogP contribution in [0.1, 0.15) is 52.6 Å². The average Bonchev–Trinajstić information content (AvgIpc) is 3.18. The molecule has 1 saturated heterocycles. The number of aliphatic hydroxyl groups excluding tert-OH is 2. The summed E-state index contributed by atoms with van der Waals surface area (Å²) in [7, 11) is -3.87. The zero-order valence-electron chi connectivity index (χ0n) is 24.1. The van der Waals surface area contributed by atoms with Crippen LogP contribution in [0.15, 0.2) is 59.5 Å². The molecule has 40 heavy (non-hydrogen) atoms. The summed E-state index contributed by atoms with van der Waals surface area (Å²) in [5, 5.41) is 29.6. The van der Waals surface area contributed by atoms with Gasteiger partial charge in [-0.15, -0.1) is 0 Å². The summed E-state index contributed by atoms with van der Waals surface area (Å²) in [4.78, 5) is 11.1. The van der Waals surface area contributed by atoms with Crippen LogP contribution in [0.25, 0.3) is 22.4 Å². The van der Waals surface area contributed by atoms with Crippen molar-refractivity contribution in [1.29, 1.82) is 0 Å². The molecule has 2 atom stereocenters. The van der Waals surface area contributed by atoms with Gasteiger partial charge in [0.2, 0.25) is 10.0 Å². The molecule has 0 unspecified atom stereocenters. The van der Waals surface area contributed by atoms with E-state index in [1.807, 2.05) is 48.7 Å². The molecule has 0 spiro atoms. The van der Waals surface area contributed by atoms with E-state index in [0.29, 0.717) is 41.2 Å². The van der Waals surface area contributed by atoms with Crippen molar-refractivity contribution in [2.75, 3.05) is 13.1 Å². The van der Waals surface area contributed by atoms with Crippen LogP contribution in [0.4, 0.5) is 4.39 Å². The Hall–Kier alpha value is -2.05. The number of nitrogens with zero attached hydrogens (tertiary/aromatic N) is 2. The standard InChI is InChI=1S/C29H35FN2O6S.Na.H/c1-19(2)27-29(39(37,38)31-14-6-15-31)26(20-7-4-3-5-8-20)28(21-9-11-22(30)12-10-21)32(27)16-13-23(33)17-24(34)18-25(35)36;;/h3-5,7-12,19,23-24,33-34H,6,13-18H2,1-2H3,(H,35,36);;/q;+1;-1/t23-,24-;;/m1../s1. The van der Waals surface area contributed by atoms with Crippen molar-refractivity contribution in [3.8, 4) is 22.4 Å².